The van der Waals surface area contributed by atoms with E-state index in [-0.39, 0.29) is 37.3 Å². The molecule has 1 amide bonds. The van der Waals surface area contributed by atoms with Crippen molar-refractivity contribution in [3.05, 3.63) is 94.8 Å². The van der Waals surface area contributed by atoms with E-state index < -0.39 is 6.10 Å². The Morgan fingerprint density at radius 2 is 1.65 bits per heavy atom. The number of piperazine rings is 1. The smallest absolute Gasteiger partial charge is 0.271 e. The molecule has 0 aliphatic carbocycles. The molecule has 2 N–H and O–H groups in total. The third-order valence-electron chi connectivity index (χ3n) is 7.60. The number of aliphatic hydroxyl groups is 1. The molecule has 0 saturated carbocycles. The van der Waals surface area contributed by atoms with Crippen LogP contribution in [0.5, 0.6) is 5.75 Å². The average molecular weight is 647 g/mol. The van der Waals surface area contributed by atoms with Gasteiger partial charge in [0.25, 0.3) is 5.91 Å². The Hall–Kier alpha value is -3.27. The number of hydrogen-bond donors (Lipinski definition) is 2. The molecule has 1 unspecified atom stereocenters. The first-order valence-corrected chi connectivity index (χ1v) is 14.2. The molecule has 0 bridgehead atoms. The van der Waals surface area contributed by atoms with Gasteiger partial charge < -0.3 is 20.1 Å². The molecule has 5 rings (SSSR count). The summed E-state index contributed by atoms with van der Waals surface area (Å²) in [6.45, 7) is 7.90. The van der Waals surface area contributed by atoms with Gasteiger partial charge in [0.15, 0.2) is 0 Å². The van der Waals surface area contributed by atoms with Gasteiger partial charge in [0, 0.05) is 61.2 Å². The van der Waals surface area contributed by atoms with E-state index in [2.05, 4.69) is 21.2 Å². The van der Waals surface area contributed by atoms with E-state index in [9.17, 15) is 9.90 Å². The van der Waals surface area contributed by atoms with Crippen molar-refractivity contribution in [1.82, 2.24) is 19.8 Å². The Kier molecular flexibility index (Phi) is 12.3. The van der Waals surface area contributed by atoms with E-state index in [0.29, 0.717) is 23.8 Å². The SMILES string of the molecule is COc1ccc(-n2c(-c3ccccc3)nc(C(=O)NCC(O)CN3CCN(c4cccc(Cl)c4C)CC3)c2C)cc1.Cl.Cl. The number of ether oxygens (including phenoxy) is 1. The lowest BCUT2D eigenvalue weighted by atomic mass is 10.1. The van der Waals surface area contributed by atoms with Gasteiger partial charge in [-0.2, -0.15) is 0 Å². The molecular weight excluding hydrogens is 609 g/mol. The standard InChI is InChI=1S/C32H36ClN5O3.2ClH/c1-22-28(33)10-7-11-29(22)37-18-16-36(17-19-37)21-26(39)20-34-32(40)30-23(2)38(25-12-14-27(41-3)15-13-25)31(35-30)24-8-5-4-6-9-24;;/h4-15,26,39H,16-21H2,1-3H3,(H,34,40);2*1H. The van der Waals surface area contributed by atoms with Crippen molar-refractivity contribution in [3.63, 3.8) is 0 Å². The summed E-state index contributed by atoms with van der Waals surface area (Å²) >= 11 is 6.31. The van der Waals surface area contributed by atoms with Gasteiger partial charge in [0.2, 0.25) is 0 Å². The van der Waals surface area contributed by atoms with E-state index >= 15 is 0 Å². The molecule has 43 heavy (non-hydrogen) atoms. The van der Waals surface area contributed by atoms with Gasteiger partial charge in [0.05, 0.1) is 18.9 Å². The van der Waals surface area contributed by atoms with Gasteiger partial charge in [0.1, 0.15) is 17.3 Å². The number of nitrogens with one attached hydrogen (secondary N) is 1. The first-order chi connectivity index (χ1) is 19.9. The fourth-order valence-corrected chi connectivity index (χ4v) is 5.48. The molecule has 2 heterocycles. The predicted molar refractivity (Wildman–Crippen MR) is 178 cm³/mol. The lowest BCUT2D eigenvalue weighted by Gasteiger charge is -2.37. The van der Waals surface area contributed by atoms with Gasteiger partial charge in [-0.05, 0) is 55.8 Å². The van der Waals surface area contributed by atoms with Gasteiger partial charge in [-0.25, -0.2) is 4.98 Å². The molecule has 4 aromatic rings. The molecule has 1 fully saturated rings. The number of carbonyl (C=O) groups excluding carboxylic acids is 1. The highest BCUT2D eigenvalue weighted by Crippen LogP contribution is 2.29. The Bertz CT molecular complexity index is 1490. The minimum atomic E-state index is -0.698. The maximum atomic E-state index is 13.3. The van der Waals surface area contributed by atoms with Crippen LogP contribution in [0.2, 0.25) is 5.02 Å². The van der Waals surface area contributed by atoms with Crippen molar-refractivity contribution < 1.29 is 14.6 Å². The van der Waals surface area contributed by atoms with Crippen molar-refractivity contribution in [2.45, 2.75) is 20.0 Å². The summed E-state index contributed by atoms with van der Waals surface area (Å²) in [5.41, 5.74) is 5.07. The summed E-state index contributed by atoms with van der Waals surface area (Å²) in [7, 11) is 1.63. The summed E-state index contributed by atoms with van der Waals surface area (Å²) in [5.74, 6) is 1.11. The topological polar surface area (TPSA) is 82.9 Å². The zero-order valence-electron chi connectivity index (χ0n) is 24.5. The molecule has 1 aromatic heterocycles. The molecule has 230 valence electrons. The Morgan fingerprint density at radius 3 is 2.30 bits per heavy atom. The number of hydrogen-bond acceptors (Lipinski definition) is 6. The van der Waals surface area contributed by atoms with Crippen LogP contribution in [-0.2, 0) is 0 Å². The maximum absolute atomic E-state index is 13.3. The molecule has 11 heteroatoms. The van der Waals surface area contributed by atoms with Crippen LogP contribution in [0.1, 0.15) is 21.7 Å². The number of aromatic nitrogens is 2. The number of methoxy groups -OCH3 is 1. The molecule has 1 atom stereocenters. The highest BCUT2D eigenvalue weighted by molar-refractivity contribution is 6.31. The first kappa shape index (κ1) is 34.2. The maximum Gasteiger partial charge on any atom is 0.271 e. The monoisotopic (exact) mass is 645 g/mol. The van der Waals surface area contributed by atoms with E-state index in [1.165, 1.54) is 0 Å². The zero-order chi connectivity index (χ0) is 28.9. The fourth-order valence-electron chi connectivity index (χ4n) is 5.31. The minimum absolute atomic E-state index is 0. The average Bonchev–Trinajstić information content (AvgIpc) is 3.35. The van der Waals surface area contributed by atoms with Crippen LogP contribution in [0.3, 0.4) is 0 Å². The molecule has 0 radical (unpaired) electrons. The second-order valence-corrected chi connectivity index (χ2v) is 10.7. The number of imidazole rings is 1. The van der Waals surface area contributed by atoms with Crippen LogP contribution < -0.4 is 15.0 Å². The third kappa shape index (κ3) is 7.82. The second kappa shape index (κ2) is 15.5. The van der Waals surface area contributed by atoms with Crippen LogP contribution in [0.4, 0.5) is 5.69 Å². The number of nitrogens with zero attached hydrogens (tertiary/aromatic N) is 4. The highest BCUT2D eigenvalue weighted by atomic mass is 35.5. The van der Waals surface area contributed by atoms with Crippen LogP contribution in [0.25, 0.3) is 17.1 Å². The number of carbonyl (C=O) groups is 1. The third-order valence-corrected chi connectivity index (χ3v) is 8.01. The molecule has 1 aliphatic heterocycles. The number of amides is 1. The van der Waals surface area contributed by atoms with Crippen molar-refractivity contribution in [2.24, 2.45) is 0 Å². The molecular formula is C32H38Cl3N5O3. The van der Waals surface area contributed by atoms with E-state index in [1.54, 1.807) is 7.11 Å². The Labute approximate surface area is 270 Å². The number of rotatable bonds is 9. The molecule has 3 aromatic carbocycles. The molecule has 0 spiro atoms. The molecule has 1 saturated heterocycles. The summed E-state index contributed by atoms with van der Waals surface area (Å²) in [6, 6.07) is 23.4. The molecule has 8 nitrogen and oxygen atoms in total. The second-order valence-electron chi connectivity index (χ2n) is 10.3. The molecule has 1 aliphatic rings. The summed E-state index contributed by atoms with van der Waals surface area (Å²) in [5, 5.41) is 14.4. The van der Waals surface area contributed by atoms with Crippen molar-refractivity contribution >= 4 is 48.0 Å². The number of β-amino-alcohol motifs (C(OH)–C–C–N with tert-alkyl or cyclic N) is 1. The van der Waals surface area contributed by atoms with Gasteiger partial charge in [-0.3, -0.25) is 14.3 Å². The first-order valence-electron chi connectivity index (χ1n) is 13.8. The van der Waals surface area contributed by atoms with Crippen molar-refractivity contribution in [1.29, 1.82) is 0 Å². The zero-order valence-corrected chi connectivity index (χ0v) is 26.9. The Morgan fingerprint density at radius 1 is 0.977 bits per heavy atom. The van der Waals surface area contributed by atoms with Crippen molar-refractivity contribution in [3.8, 4) is 22.8 Å². The fraction of sp³-hybridized carbons (Fsp3) is 0.312. The van der Waals surface area contributed by atoms with E-state index in [4.69, 9.17) is 21.3 Å². The van der Waals surface area contributed by atoms with Crippen LogP contribution in [-0.4, -0.2) is 77.9 Å². The van der Waals surface area contributed by atoms with Crippen LogP contribution in [0.15, 0.2) is 72.8 Å². The highest BCUT2D eigenvalue weighted by Gasteiger charge is 2.24. The predicted octanol–water partition coefficient (Wildman–Crippen LogP) is 5.57. The summed E-state index contributed by atoms with van der Waals surface area (Å²) in [6.07, 6.45) is -0.698. The number of halogens is 3. The van der Waals surface area contributed by atoms with E-state index in [0.717, 1.165) is 59.5 Å². The van der Waals surface area contributed by atoms with Crippen molar-refractivity contribution in [2.75, 3.05) is 51.3 Å². The van der Waals surface area contributed by atoms with Crippen LogP contribution in [0, 0.1) is 13.8 Å². The quantitative estimate of drug-likeness (QED) is 0.247. The normalized spacial score (nSPS) is 13.9. The number of anilines is 1. The number of aliphatic hydroxyl groups excluding tert-OH is 1. The lowest BCUT2D eigenvalue weighted by molar-refractivity contribution is 0.0847. The summed E-state index contributed by atoms with van der Waals surface area (Å²) in [4.78, 5) is 22.6. The Balaban J connectivity index is 0.00000253. The van der Waals surface area contributed by atoms with Gasteiger partial charge in [-0.15, -0.1) is 24.8 Å². The number of benzene rings is 3. The van der Waals surface area contributed by atoms with Gasteiger partial charge >= 0.3 is 0 Å². The van der Waals surface area contributed by atoms with E-state index in [1.807, 2.05) is 85.1 Å². The summed E-state index contributed by atoms with van der Waals surface area (Å²) < 4.78 is 7.29. The van der Waals surface area contributed by atoms with Crippen LogP contribution >= 0.6 is 36.4 Å². The lowest BCUT2D eigenvalue weighted by Crippen LogP contribution is -2.50. The minimum Gasteiger partial charge on any atom is -0.497 e. The largest absolute Gasteiger partial charge is 0.497 e. The van der Waals surface area contributed by atoms with Gasteiger partial charge in [-0.1, -0.05) is 48.0 Å².